The van der Waals surface area contributed by atoms with Crippen LogP contribution in [-0.2, 0) is 34.2 Å². The van der Waals surface area contributed by atoms with E-state index in [1.165, 1.54) is 6.07 Å². The van der Waals surface area contributed by atoms with Crippen LogP contribution in [0.5, 0.6) is 0 Å². The van der Waals surface area contributed by atoms with Crippen molar-refractivity contribution in [3.8, 4) is 0 Å². The summed E-state index contributed by atoms with van der Waals surface area (Å²) in [5, 5.41) is 8.74. The minimum absolute atomic E-state index is 0.0798. The average Bonchev–Trinajstić information content (AvgIpc) is 2.61. The van der Waals surface area contributed by atoms with Crippen molar-refractivity contribution in [1.82, 2.24) is 4.90 Å². The summed E-state index contributed by atoms with van der Waals surface area (Å²) in [5.74, 6) is -0.276. The lowest BCUT2D eigenvalue weighted by Gasteiger charge is -2.31. The zero-order chi connectivity index (χ0) is 20.5. The Hall–Kier alpha value is -0.470. The van der Waals surface area contributed by atoms with Crippen LogP contribution >= 0.6 is 56.8 Å². The molecule has 0 radical (unpaired) electrons. The molecule has 1 aliphatic rings. The van der Waals surface area contributed by atoms with Crippen molar-refractivity contribution >= 4 is 78.4 Å². The van der Waals surface area contributed by atoms with Gasteiger partial charge < -0.3 is 5.32 Å². The lowest BCUT2D eigenvalue weighted by Crippen LogP contribution is -2.34. The number of nitrogens with one attached hydrogen (secondary N) is 1. The first-order valence-corrected chi connectivity index (χ1v) is 12.8. The number of rotatable bonds is 5. The fraction of sp³-hybridized carbons (Fsp3) is 0.278. The van der Waals surface area contributed by atoms with Gasteiger partial charge in [0.25, 0.3) is 0 Å². The summed E-state index contributed by atoms with van der Waals surface area (Å²) in [7, 11) is -3.90. The Morgan fingerprint density at radius 1 is 1.29 bits per heavy atom. The molecule has 0 spiro atoms. The lowest BCUT2D eigenvalue weighted by molar-refractivity contribution is -0.115. The first kappa shape index (κ1) is 22.2. The van der Waals surface area contributed by atoms with Crippen LogP contribution in [0.15, 0.2) is 41.3 Å². The predicted octanol–water partition coefficient (Wildman–Crippen LogP) is 3.68. The van der Waals surface area contributed by atoms with Crippen LogP contribution in [0.2, 0.25) is 5.02 Å². The van der Waals surface area contributed by atoms with Gasteiger partial charge in [-0.05, 0) is 41.3 Å². The molecule has 0 bridgehead atoms. The fourth-order valence-corrected chi connectivity index (χ4v) is 5.22. The number of sulfonamides is 1. The molecule has 10 heteroatoms. The summed E-state index contributed by atoms with van der Waals surface area (Å²) in [6.07, 6.45) is 0.689. The molecule has 1 amide bonds. The largest absolute Gasteiger partial charge is 0.326 e. The number of nitrogens with two attached hydrogens (primary N) is 1. The van der Waals surface area contributed by atoms with E-state index >= 15 is 0 Å². The molecule has 3 rings (SSSR count). The number of hydrogen-bond acceptors (Lipinski definition) is 4. The normalized spacial score (nSPS) is 14.8. The Morgan fingerprint density at radius 2 is 2.00 bits per heavy atom. The van der Waals surface area contributed by atoms with Crippen LogP contribution in [0, 0.1) is 0 Å². The number of hydrogen-bond donors (Lipinski definition) is 2. The Bertz CT molecular complexity index is 1020. The molecule has 0 saturated carbocycles. The van der Waals surface area contributed by atoms with Gasteiger partial charge in [0, 0.05) is 23.8 Å². The summed E-state index contributed by atoms with van der Waals surface area (Å²) in [6.45, 7) is 1.35. The third kappa shape index (κ3) is 5.36. The van der Waals surface area contributed by atoms with Crippen LogP contribution in [0.4, 0.5) is 5.69 Å². The minimum Gasteiger partial charge on any atom is -0.326 e. The molecule has 2 aromatic rings. The van der Waals surface area contributed by atoms with Gasteiger partial charge in [0.05, 0.1) is 11.3 Å². The number of carbonyl (C=O) groups is 1. The summed E-state index contributed by atoms with van der Waals surface area (Å²) in [4.78, 5) is 14.8. The van der Waals surface area contributed by atoms with E-state index in [1.54, 1.807) is 18.2 Å². The number of benzene rings is 2. The third-order valence-corrected chi connectivity index (χ3v) is 7.42. The molecular weight excluding hydrogens is 628 g/mol. The molecule has 1 aliphatic heterocycles. The molecule has 0 unspecified atom stereocenters. The number of amides is 1. The summed E-state index contributed by atoms with van der Waals surface area (Å²) in [5.41, 5.74) is 2.72. The van der Waals surface area contributed by atoms with Crippen molar-refractivity contribution in [3.63, 3.8) is 0 Å². The van der Waals surface area contributed by atoms with E-state index in [4.69, 9.17) is 16.7 Å². The Kier molecular flexibility index (Phi) is 7.24. The van der Waals surface area contributed by atoms with Crippen LogP contribution in [0.25, 0.3) is 0 Å². The van der Waals surface area contributed by atoms with Crippen molar-refractivity contribution in [3.05, 3.63) is 58.1 Å². The second kappa shape index (κ2) is 9.13. The molecule has 0 saturated heterocycles. The maximum Gasteiger partial charge on any atom is 0.238 e. The van der Waals surface area contributed by atoms with Crippen molar-refractivity contribution in [2.75, 3.05) is 11.9 Å². The van der Waals surface area contributed by atoms with E-state index in [0.29, 0.717) is 29.2 Å². The Morgan fingerprint density at radius 3 is 2.64 bits per heavy atom. The summed E-state index contributed by atoms with van der Waals surface area (Å²) < 4.78 is 24.5. The first-order valence-electron chi connectivity index (χ1n) is 8.39. The molecule has 0 fully saturated rings. The first-order chi connectivity index (χ1) is 13.1. The lowest BCUT2D eigenvalue weighted by atomic mass is 9.99. The van der Waals surface area contributed by atoms with Crippen molar-refractivity contribution < 1.29 is 13.2 Å². The van der Waals surface area contributed by atoms with Crippen molar-refractivity contribution in [1.29, 1.82) is 0 Å². The van der Waals surface area contributed by atoms with Gasteiger partial charge in [0.2, 0.25) is 15.9 Å². The number of fused-ring (bicyclic) bond motifs is 1. The third-order valence-electron chi connectivity index (χ3n) is 4.50. The molecule has 0 aliphatic carbocycles. The van der Waals surface area contributed by atoms with Gasteiger partial charge >= 0.3 is 0 Å². The van der Waals surface area contributed by atoms with Crippen LogP contribution in [0.3, 0.4) is 0 Å². The minimum atomic E-state index is -3.90. The SMILES string of the molecule is NS(=O)(=O)c1cc(NC(=O)Cc2ccccc2Cl)cc2c1CCN(C(I)I)C2. The van der Waals surface area contributed by atoms with E-state index in [1.807, 2.05) is 12.1 Å². The quantitative estimate of drug-likeness (QED) is 0.295. The zero-order valence-corrected chi connectivity index (χ0v) is 20.5. The van der Waals surface area contributed by atoms with Crippen LogP contribution in [-0.4, -0.2) is 27.8 Å². The van der Waals surface area contributed by atoms with Crippen molar-refractivity contribution in [2.24, 2.45) is 5.14 Å². The van der Waals surface area contributed by atoms with E-state index in [0.717, 1.165) is 17.7 Å². The second-order valence-electron chi connectivity index (χ2n) is 6.47. The number of alkyl halides is 2. The van der Waals surface area contributed by atoms with Gasteiger partial charge in [-0.3, -0.25) is 9.69 Å². The number of primary sulfonamides is 1. The number of anilines is 1. The molecule has 28 heavy (non-hydrogen) atoms. The molecule has 0 aromatic heterocycles. The van der Waals surface area contributed by atoms with Gasteiger partial charge in [0.1, 0.15) is 2.06 Å². The summed E-state index contributed by atoms with van der Waals surface area (Å²) in [6, 6.07) is 10.4. The fourth-order valence-electron chi connectivity index (χ4n) is 3.19. The molecule has 3 N–H and O–H groups in total. The smallest absolute Gasteiger partial charge is 0.238 e. The van der Waals surface area contributed by atoms with Gasteiger partial charge in [-0.2, -0.15) is 0 Å². The van der Waals surface area contributed by atoms with E-state index < -0.39 is 10.0 Å². The maximum absolute atomic E-state index is 12.5. The number of carbonyl (C=O) groups excluding carboxylic acids is 1. The maximum atomic E-state index is 12.5. The predicted molar refractivity (Wildman–Crippen MR) is 128 cm³/mol. The van der Waals surface area contributed by atoms with Gasteiger partial charge in [-0.15, -0.1) is 0 Å². The van der Waals surface area contributed by atoms with E-state index in [9.17, 15) is 13.2 Å². The van der Waals surface area contributed by atoms with Gasteiger partial charge in [0.15, 0.2) is 0 Å². The monoisotopic (exact) mass is 645 g/mol. The van der Waals surface area contributed by atoms with E-state index in [2.05, 4.69) is 55.4 Å². The molecule has 0 atom stereocenters. The van der Waals surface area contributed by atoms with Crippen LogP contribution < -0.4 is 10.5 Å². The standard InChI is InChI=1S/C18H18ClI2N3O3S/c19-15-4-2-1-3-11(15)8-17(25)23-13-7-12-10-24(18(20)21)6-5-14(12)16(9-13)28(22,26)27/h1-4,7,9,18H,5-6,8,10H2,(H,23,25)(H2,22,26,27). The molecule has 1 heterocycles. The topological polar surface area (TPSA) is 92.5 Å². The highest BCUT2D eigenvalue weighted by molar-refractivity contribution is 14.2. The number of halogens is 3. The Balaban J connectivity index is 1.90. The summed E-state index contributed by atoms with van der Waals surface area (Å²) >= 11 is 10.7. The molecule has 2 aromatic carbocycles. The average molecular weight is 646 g/mol. The Labute approximate surface area is 196 Å². The second-order valence-corrected chi connectivity index (χ2v) is 13.2. The molecular formula is C18H18ClI2N3O3S. The van der Waals surface area contributed by atoms with E-state index in [-0.39, 0.29) is 19.3 Å². The van der Waals surface area contributed by atoms with Gasteiger partial charge in [-0.25, -0.2) is 13.6 Å². The molecule has 6 nitrogen and oxygen atoms in total. The van der Waals surface area contributed by atoms with Crippen LogP contribution in [0.1, 0.15) is 16.7 Å². The zero-order valence-electron chi connectivity index (χ0n) is 14.7. The highest BCUT2D eigenvalue weighted by Crippen LogP contribution is 2.32. The highest BCUT2D eigenvalue weighted by Gasteiger charge is 2.26. The van der Waals surface area contributed by atoms with Crippen molar-refractivity contribution in [2.45, 2.75) is 26.3 Å². The molecule has 150 valence electrons. The highest BCUT2D eigenvalue weighted by atomic mass is 127. The van der Waals surface area contributed by atoms with Gasteiger partial charge in [-0.1, -0.05) is 75.0 Å². The number of nitrogens with zero attached hydrogens (tertiary/aromatic N) is 1.